The first-order chi connectivity index (χ1) is 33.6. The van der Waals surface area contributed by atoms with Crippen molar-refractivity contribution in [1.82, 2.24) is 0 Å². The molecule has 0 N–H and O–H groups in total. The lowest BCUT2D eigenvalue weighted by molar-refractivity contribution is 0.195. The number of anilines is 8. The maximum Gasteiger partial charge on any atom is 0.252 e. The first-order valence-corrected chi connectivity index (χ1v) is 25.7. The van der Waals surface area contributed by atoms with Crippen molar-refractivity contribution in [2.45, 2.75) is 110 Å². The molecule has 9 aromatic rings. The average molecular weight is 912 g/mol. The van der Waals surface area contributed by atoms with E-state index in [2.05, 4.69) is 241 Å². The minimum Gasteiger partial charge on any atom is -0.456 e. The maximum absolute atomic E-state index is 6.48. The van der Waals surface area contributed by atoms with Gasteiger partial charge in [0.1, 0.15) is 11.2 Å². The summed E-state index contributed by atoms with van der Waals surface area (Å²) in [7, 11) is 0. The molecule has 0 spiro atoms. The van der Waals surface area contributed by atoms with Gasteiger partial charge in [-0.1, -0.05) is 146 Å². The van der Waals surface area contributed by atoms with E-state index in [-0.39, 0.29) is 28.5 Å². The SMILES string of the molecule is Cc1cc2c3c(c1)N(c1cccc(C(C)(C)C)c1)c1cc(C(C)(C)C)ccc1B3c1ccc(N3c4ccc(-c5ccccc5)cc4C4(C)CCCCC34C)cc1N2c1ccc2oc3ccccc3c2c1. The molecule has 2 atom stereocenters. The molecule has 0 amide bonds. The number of hydrogen-bond donors (Lipinski definition) is 0. The molecule has 1 aromatic heterocycles. The summed E-state index contributed by atoms with van der Waals surface area (Å²) < 4.78 is 6.48. The third kappa shape index (κ3) is 6.22. The van der Waals surface area contributed by atoms with Gasteiger partial charge in [-0.25, -0.2) is 0 Å². The molecule has 4 nitrogen and oxygen atoms in total. The number of para-hydroxylation sites is 1. The van der Waals surface area contributed by atoms with E-state index in [1.807, 2.05) is 0 Å². The van der Waals surface area contributed by atoms with Crippen molar-refractivity contribution in [3.63, 3.8) is 0 Å². The molecule has 0 radical (unpaired) electrons. The molecule has 346 valence electrons. The van der Waals surface area contributed by atoms with Crippen LogP contribution in [0, 0.1) is 6.92 Å². The first-order valence-electron chi connectivity index (χ1n) is 25.7. The van der Waals surface area contributed by atoms with Crippen LogP contribution in [0.4, 0.5) is 45.5 Å². The first kappa shape index (κ1) is 43.1. The van der Waals surface area contributed by atoms with E-state index in [4.69, 9.17) is 4.42 Å². The van der Waals surface area contributed by atoms with Gasteiger partial charge < -0.3 is 19.1 Å². The molecule has 0 saturated heterocycles. The Labute approximate surface area is 414 Å². The van der Waals surface area contributed by atoms with Gasteiger partial charge in [0.15, 0.2) is 0 Å². The number of furan rings is 1. The summed E-state index contributed by atoms with van der Waals surface area (Å²) in [6.45, 7) is 21.4. The van der Waals surface area contributed by atoms with Gasteiger partial charge in [-0.15, -0.1) is 0 Å². The quantitative estimate of drug-likeness (QED) is 0.164. The second-order valence-electron chi connectivity index (χ2n) is 23.4. The van der Waals surface area contributed by atoms with E-state index in [1.165, 1.54) is 109 Å². The molecule has 1 saturated carbocycles. The highest BCUT2D eigenvalue weighted by molar-refractivity contribution is 7.00. The number of hydrogen-bond acceptors (Lipinski definition) is 4. The van der Waals surface area contributed by atoms with Gasteiger partial charge in [-0.05, 0) is 166 Å². The largest absolute Gasteiger partial charge is 0.456 e. The lowest BCUT2D eigenvalue weighted by atomic mass is 9.33. The molecular weight excluding hydrogens is 850 g/mol. The Balaban J connectivity index is 1.08. The van der Waals surface area contributed by atoms with Crippen LogP contribution in [0.15, 0.2) is 168 Å². The van der Waals surface area contributed by atoms with E-state index < -0.39 is 0 Å². The van der Waals surface area contributed by atoms with Gasteiger partial charge in [0.2, 0.25) is 0 Å². The highest BCUT2D eigenvalue weighted by Gasteiger charge is 2.58. The monoisotopic (exact) mass is 911 g/mol. The number of benzene rings is 8. The molecule has 8 aromatic carbocycles. The van der Waals surface area contributed by atoms with E-state index >= 15 is 0 Å². The van der Waals surface area contributed by atoms with Crippen molar-refractivity contribution >= 4 is 90.5 Å². The number of aryl methyl sites for hydroxylation is 1. The number of fused-ring (bicyclic) bond motifs is 10. The second kappa shape index (κ2) is 15.0. The Morgan fingerprint density at radius 1 is 0.486 bits per heavy atom. The van der Waals surface area contributed by atoms with Crippen LogP contribution >= 0.6 is 0 Å². The van der Waals surface area contributed by atoms with E-state index in [1.54, 1.807) is 0 Å². The van der Waals surface area contributed by atoms with E-state index in [0.29, 0.717) is 0 Å². The summed E-state index contributed by atoms with van der Waals surface area (Å²) in [5.41, 5.74) is 23.4. The van der Waals surface area contributed by atoms with Gasteiger partial charge in [0.25, 0.3) is 6.71 Å². The summed E-state index contributed by atoms with van der Waals surface area (Å²) >= 11 is 0. The molecule has 70 heavy (non-hydrogen) atoms. The van der Waals surface area contributed by atoms with Crippen LogP contribution in [0.1, 0.15) is 103 Å². The van der Waals surface area contributed by atoms with Crippen molar-refractivity contribution < 1.29 is 4.42 Å². The summed E-state index contributed by atoms with van der Waals surface area (Å²) in [6.07, 6.45) is 4.76. The molecule has 4 heterocycles. The van der Waals surface area contributed by atoms with Gasteiger partial charge in [0.05, 0.1) is 5.54 Å². The third-order valence-electron chi connectivity index (χ3n) is 17.1. The Morgan fingerprint density at radius 3 is 1.89 bits per heavy atom. The lowest BCUT2D eigenvalue weighted by Gasteiger charge is -2.50. The van der Waals surface area contributed by atoms with Gasteiger partial charge >= 0.3 is 0 Å². The van der Waals surface area contributed by atoms with Gasteiger partial charge in [-0.3, -0.25) is 0 Å². The normalized spacial score (nSPS) is 19.3. The molecule has 4 aliphatic rings. The van der Waals surface area contributed by atoms with Gasteiger partial charge in [0, 0.05) is 61.7 Å². The molecular formula is C65H62BN3O. The van der Waals surface area contributed by atoms with Crippen molar-refractivity contribution in [1.29, 1.82) is 0 Å². The van der Waals surface area contributed by atoms with Crippen LogP contribution in [-0.2, 0) is 16.2 Å². The highest BCUT2D eigenvalue weighted by atomic mass is 16.3. The Kier molecular flexibility index (Phi) is 9.24. The zero-order valence-corrected chi connectivity index (χ0v) is 42.2. The zero-order chi connectivity index (χ0) is 48.1. The van der Waals surface area contributed by atoms with Crippen LogP contribution in [0.25, 0.3) is 33.1 Å². The van der Waals surface area contributed by atoms with Gasteiger partial charge in [-0.2, -0.15) is 0 Å². The predicted molar refractivity (Wildman–Crippen MR) is 298 cm³/mol. The summed E-state index contributed by atoms with van der Waals surface area (Å²) in [5, 5.41) is 2.26. The third-order valence-corrected chi connectivity index (χ3v) is 17.1. The lowest BCUT2D eigenvalue weighted by Crippen LogP contribution is -2.61. The molecule has 1 aliphatic carbocycles. The van der Waals surface area contributed by atoms with Crippen molar-refractivity contribution in [3.05, 3.63) is 186 Å². The molecule has 13 rings (SSSR count). The van der Waals surface area contributed by atoms with Crippen LogP contribution in [0.3, 0.4) is 0 Å². The molecule has 1 fully saturated rings. The second-order valence-corrected chi connectivity index (χ2v) is 23.4. The maximum atomic E-state index is 6.48. The van der Waals surface area contributed by atoms with Crippen LogP contribution in [-0.4, -0.2) is 12.3 Å². The predicted octanol–water partition coefficient (Wildman–Crippen LogP) is 16.0. The van der Waals surface area contributed by atoms with Crippen LogP contribution in [0.2, 0.25) is 0 Å². The fourth-order valence-electron chi connectivity index (χ4n) is 13.2. The zero-order valence-electron chi connectivity index (χ0n) is 42.2. The fourth-order valence-corrected chi connectivity index (χ4v) is 13.2. The number of nitrogens with zero attached hydrogens (tertiary/aromatic N) is 3. The van der Waals surface area contributed by atoms with Crippen LogP contribution in [0.5, 0.6) is 0 Å². The fraction of sp³-hybridized carbons (Fsp3) is 0.262. The molecule has 3 aliphatic heterocycles. The van der Waals surface area contributed by atoms with Crippen molar-refractivity contribution in [3.8, 4) is 11.1 Å². The average Bonchev–Trinajstić information content (AvgIpc) is 3.82. The van der Waals surface area contributed by atoms with Crippen molar-refractivity contribution in [2.75, 3.05) is 14.7 Å². The summed E-state index contributed by atoms with van der Waals surface area (Å²) in [4.78, 5) is 7.94. The Hall–Kier alpha value is -6.98. The standard InChI is InChI=1S/C65H62BN3O/c1-41-34-57-61-58(35-41)68(47-27-31-60-50(39-47)49-22-13-14-23-59(49)70-60)56-40-48(69-54-30-24-43(42-18-11-10-12-19-42)36-51(54)64(8)32-15-16-33-65(64,69)9)26-29-53(56)66(61)52-28-25-45(63(5,6)7)38-55(52)67(57)46-21-17-20-44(37-46)62(2,3)4/h10-14,17-31,34-40H,15-16,32-33H2,1-9H3. The Bertz CT molecular complexity index is 3610. The van der Waals surface area contributed by atoms with Crippen LogP contribution < -0.4 is 31.1 Å². The van der Waals surface area contributed by atoms with E-state index in [9.17, 15) is 0 Å². The smallest absolute Gasteiger partial charge is 0.252 e. The molecule has 2 unspecified atom stereocenters. The highest BCUT2D eigenvalue weighted by Crippen LogP contribution is 2.62. The number of rotatable bonds is 4. The summed E-state index contributed by atoms with van der Waals surface area (Å²) in [6, 6.07) is 62.6. The van der Waals surface area contributed by atoms with Crippen molar-refractivity contribution in [2.24, 2.45) is 0 Å². The summed E-state index contributed by atoms with van der Waals surface area (Å²) in [5.74, 6) is 0. The minimum absolute atomic E-state index is 0.00489. The molecule has 5 heteroatoms. The van der Waals surface area contributed by atoms with E-state index in [0.717, 1.165) is 34.0 Å². The Morgan fingerprint density at radius 2 is 1.13 bits per heavy atom. The minimum atomic E-state index is -0.115. The molecule has 0 bridgehead atoms. The topological polar surface area (TPSA) is 22.9 Å².